The predicted molar refractivity (Wildman–Crippen MR) is 171 cm³/mol. The third-order valence-corrected chi connectivity index (χ3v) is 7.36. The van der Waals surface area contributed by atoms with E-state index in [-0.39, 0.29) is 13.0 Å². The molecule has 0 fully saturated rings. The minimum Gasteiger partial charge on any atom is -0.488 e. The number of hydrogen-bond acceptors (Lipinski definition) is 4. The lowest BCUT2D eigenvalue weighted by molar-refractivity contribution is -0.137. The molecule has 1 atom stereocenters. The number of carbonyl (C=O) groups excluding carboxylic acids is 1. The van der Waals surface area contributed by atoms with Crippen molar-refractivity contribution < 1.29 is 24.2 Å². The number of rotatable bonds is 11. The largest absolute Gasteiger partial charge is 0.488 e. The van der Waals surface area contributed by atoms with Crippen molar-refractivity contribution in [2.45, 2.75) is 26.0 Å². The number of para-hydroxylation sites is 2. The highest BCUT2D eigenvalue weighted by atomic mass is 79.9. The molecule has 2 N–H and O–H groups in total. The van der Waals surface area contributed by atoms with Crippen LogP contribution in [-0.2, 0) is 11.4 Å². The Labute approximate surface area is 259 Å². The summed E-state index contributed by atoms with van der Waals surface area (Å²) in [5.41, 5.74) is 4.88. The highest BCUT2D eigenvalue weighted by Gasteiger charge is 2.22. The van der Waals surface area contributed by atoms with Crippen molar-refractivity contribution in [3.63, 3.8) is 0 Å². The molecular formula is C36H30BrNO5. The van der Waals surface area contributed by atoms with Gasteiger partial charge in [-0.25, -0.2) is 0 Å². The van der Waals surface area contributed by atoms with E-state index in [2.05, 4.69) is 21.2 Å². The topological polar surface area (TPSA) is 84.9 Å². The minimum atomic E-state index is -1.03. The summed E-state index contributed by atoms with van der Waals surface area (Å²) < 4.78 is 12.8. The molecule has 0 aliphatic heterocycles. The maximum absolute atomic E-state index is 13.5. The van der Waals surface area contributed by atoms with E-state index < -0.39 is 17.9 Å². The van der Waals surface area contributed by atoms with Crippen molar-refractivity contribution in [1.29, 1.82) is 0 Å². The Bertz CT molecular complexity index is 1700. The van der Waals surface area contributed by atoms with Crippen LogP contribution in [0.5, 0.6) is 17.2 Å². The number of carboxylic acid groups (broad SMARTS) is 1. The van der Waals surface area contributed by atoms with E-state index in [1.807, 2.05) is 110 Å². The summed E-state index contributed by atoms with van der Waals surface area (Å²) in [6.07, 6.45) is -0.285. The number of ether oxygens (including phenoxy) is 2. The number of carboxylic acids is 1. The first-order chi connectivity index (χ1) is 20.9. The maximum Gasteiger partial charge on any atom is 0.305 e. The number of amides is 1. The van der Waals surface area contributed by atoms with Crippen LogP contribution in [0.4, 0.5) is 0 Å². The SMILES string of the molecule is Cc1ccc(COc2ccc(Br)cc2C(=O)NC(CC(=O)O)c2ccc(-c3ccccc3Oc3ccccc3)cc2)cc1. The summed E-state index contributed by atoms with van der Waals surface area (Å²) in [5, 5.41) is 12.6. The zero-order valence-electron chi connectivity index (χ0n) is 23.5. The van der Waals surface area contributed by atoms with E-state index in [4.69, 9.17) is 9.47 Å². The first-order valence-corrected chi connectivity index (χ1v) is 14.6. The van der Waals surface area contributed by atoms with Crippen LogP contribution in [0, 0.1) is 6.92 Å². The van der Waals surface area contributed by atoms with Gasteiger partial charge in [0.25, 0.3) is 5.91 Å². The third kappa shape index (κ3) is 7.90. The molecule has 0 bridgehead atoms. The zero-order chi connectivity index (χ0) is 30.2. The highest BCUT2D eigenvalue weighted by Crippen LogP contribution is 2.34. The van der Waals surface area contributed by atoms with E-state index in [1.54, 1.807) is 18.2 Å². The van der Waals surface area contributed by atoms with E-state index in [0.717, 1.165) is 28.0 Å². The van der Waals surface area contributed by atoms with Crippen LogP contribution < -0.4 is 14.8 Å². The summed E-state index contributed by atoms with van der Waals surface area (Å²) >= 11 is 3.44. The number of aliphatic carboxylic acids is 1. The molecular weight excluding hydrogens is 606 g/mol. The number of benzene rings is 5. The van der Waals surface area contributed by atoms with Crippen LogP contribution in [0.3, 0.4) is 0 Å². The summed E-state index contributed by atoms with van der Waals surface area (Å²) in [6, 6.07) is 37.1. The summed E-state index contributed by atoms with van der Waals surface area (Å²) in [6.45, 7) is 2.31. The molecule has 6 nitrogen and oxygen atoms in total. The average Bonchev–Trinajstić information content (AvgIpc) is 3.01. The first-order valence-electron chi connectivity index (χ1n) is 13.8. The molecule has 0 saturated heterocycles. The van der Waals surface area contributed by atoms with Crippen molar-refractivity contribution in [2.75, 3.05) is 0 Å². The van der Waals surface area contributed by atoms with Crippen molar-refractivity contribution in [3.05, 3.63) is 148 Å². The van der Waals surface area contributed by atoms with Gasteiger partial charge in [0.05, 0.1) is 18.0 Å². The highest BCUT2D eigenvalue weighted by molar-refractivity contribution is 9.10. The fraction of sp³-hybridized carbons (Fsp3) is 0.111. The molecule has 1 amide bonds. The molecule has 1 unspecified atom stereocenters. The van der Waals surface area contributed by atoms with E-state index in [1.165, 1.54) is 0 Å². The van der Waals surface area contributed by atoms with Gasteiger partial charge in [-0.05, 0) is 60.0 Å². The Morgan fingerprint density at radius 2 is 1.51 bits per heavy atom. The van der Waals surface area contributed by atoms with Gasteiger partial charge in [0.2, 0.25) is 0 Å². The van der Waals surface area contributed by atoms with Crippen LogP contribution in [-0.4, -0.2) is 17.0 Å². The lowest BCUT2D eigenvalue weighted by Crippen LogP contribution is -2.30. The summed E-state index contributed by atoms with van der Waals surface area (Å²) in [7, 11) is 0. The van der Waals surface area contributed by atoms with Gasteiger partial charge in [-0.2, -0.15) is 0 Å². The molecule has 216 valence electrons. The lowest BCUT2D eigenvalue weighted by atomic mass is 9.98. The molecule has 0 aliphatic carbocycles. The summed E-state index contributed by atoms with van der Waals surface area (Å²) in [5.74, 6) is 0.370. The minimum absolute atomic E-state index is 0.285. The molecule has 5 aromatic carbocycles. The van der Waals surface area contributed by atoms with Gasteiger partial charge in [-0.15, -0.1) is 0 Å². The van der Waals surface area contributed by atoms with Crippen LogP contribution >= 0.6 is 15.9 Å². The normalized spacial score (nSPS) is 11.4. The molecule has 7 heteroatoms. The second-order valence-corrected chi connectivity index (χ2v) is 11.0. The van der Waals surface area contributed by atoms with Gasteiger partial charge in [0.1, 0.15) is 23.9 Å². The molecule has 0 aliphatic rings. The quantitative estimate of drug-likeness (QED) is 0.152. The molecule has 5 rings (SSSR count). The monoisotopic (exact) mass is 635 g/mol. The molecule has 0 aromatic heterocycles. The Morgan fingerprint density at radius 1 is 0.814 bits per heavy atom. The second-order valence-electron chi connectivity index (χ2n) is 10.1. The van der Waals surface area contributed by atoms with Crippen LogP contribution in [0.2, 0.25) is 0 Å². The Morgan fingerprint density at radius 3 is 2.23 bits per heavy atom. The van der Waals surface area contributed by atoms with Gasteiger partial charge in [0, 0.05) is 10.0 Å². The fourth-order valence-corrected chi connectivity index (χ4v) is 4.98. The van der Waals surface area contributed by atoms with Crippen molar-refractivity contribution in [1.82, 2.24) is 5.32 Å². The lowest BCUT2D eigenvalue weighted by Gasteiger charge is -2.20. The maximum atomic E-state index is 13.5. The van der Waals surface area contributed by atoms with Crippen LogP contribution in [0.25, 0.3) is 11.1 Å². The Balaban J connectivity index is 1.35. The van der Waals surface area contributed by atoms with E-state index in [0.29, 0.717) is 27.1 Å². The molecule has 0 saturated carbocycles. The number of aryl methyl sites for hydroxylation is 1. The van der Waals surface area contributed by atoms with Gasteiger partial charge in [-0.3, -0.25) is 9.59 Å². The molecule has 5 aromatic rings. The summed E-state index contributed by atoms with van der Waals surface area (Å²) in [4.78, 5) is 25.3. The van der Waals surface area contributed by atoms with E-state index >= 15 is 0 Å². The fourth-order valence-electron chi connectivity index (χ4n) is 4.62. The van der Waals surface area contributed by atoms with Gasteiger partial charge in [0.15, 0.2) is 0 Å². The van der Waals surface area contributed by atoms with Crippen molar-refractivity contribution in [3.8, 4) is 28.4 Å². The van der Waals surface area contributed by atoms with E-state index in [9.17, 15) is 14.7 Å². The number of hydrogen-bond donors (Lipinski definition) is 2. The number of nitrogens with one attached hydrogen (secondary N) is 1. The Kier molecular flexibility index (Phi) is 9.54. The van der Waals surface area contributed by atoms with Crippen molar-refractivity contribution in [2.24, 2.45) is 0 Å². The standard InChI is InChI=1S/C36H30BrNO5/c1-24-11-13-25(14-12-24)23-42-33-20-19-28(37)21-31(33)36(41)38-32(22-35(39)40)27-17-15-26(16-18-27)30-9-5-6-10-34(30)43-29-7-3-2-4-8-29/h2-21,32H,22-23H2,1H3,(H,38,41)(H,39,40). The van der Waals surface area contributed by atoms with Crippen LogP contribution in [0.1, 0.15) is 39.5 Å². The molecule has 0 spiro atoms. The van der Waals surface area contributed by atoms with Gasteiger partial charge >= 0.3 is 5.97 Å². The molecule has 0 radical (unpaired) electrons. The zero-order valence-corrected chi connectivity index (χ0v) is 25.1. The van der Waals surface area contributed by atoms with Crippen molar-refractivity contribution >= 4 is 27.8 Å². The van der Waals surface area contributed by atoms with Gasteiger partial charge in [-0.1, -0.05) is 106 Å². The number of carbonyl (C=O) groups is 2. The molecule has 0 heterocycles. The average molecular weight is 637 g/mol. The van der Waals surface area contributed by atoms with Crippen LogP contribution in [0.15, 0.2) is 126 Å². The predicted octanol–water partition coefficient (Wildman–Crippen LogP) is 8.74. The molecule has 43 heavy (non-hydrogen) atoms. The second kappa shape index (κ2) is 13.9. The number of halogens is 1. The Hall–Kier alpha value is -4.88. The first kappa shape index (κ1) is 29.6. The smallest absolute Gasteiger partial charge is 0.305 e. The van der Waals surface area contributed by atoms with Gasteiger partial charge < -0.3 is 19.9 Å². The third-order valence-electron chi connectivity index (χ3n) is 6.87.